The van der Waals surface area contributed by atoms with Gasteiger partial charge < -0.3 is 9.47 Å². The van der Waals surface area contributed by atoms with Crippen molar-refractivity contribution in [2.24, 2.45) is 5.92 Å². The Labute approximate surface area is 108 Å². The van der Waals surface area contributed by atoms with Crippen LogP contribution in [0.5, 0.6) is 5.75 Å². The highest BCUT2D eigenvalue weighted by atomic mass is 16.5. The van der Waals surface area contributed by atoms with E-state index in [-0.39, 0.29) is 5.97 Å². The summed E-state index contributed by atoms with van der Waals surface area (Å²) in [5.41, 5.74) is 2.87. The van der Waals surface area contributed by atoms with Gasteiger partial charge in [0.25, 0.3) is 0 Å². The van der Waals surface area contributed by atoms with E-state index in [1.54, 1.807) is 7.11 Å². The number of carbonyl (C=O) groups is 1. The quantitative estimate of drug-likeness (QED) is 0.772. The Bertz CT molecular complexity index is 493. The van der Waals surface area contributed by atoms with Crippen LogP contribution in [-0.2, 0) is 14.9 Å². The van der Waals surface area contributed by atoms with Gasteiger partial charge in [-0.15, -0.1) is 0 Å². The first-order valence-electron chi connectivity index (χ1n) is 6.22. The summed E-state index contributed by atoms with van der Waals surface area (Å²) in [4.78, 5) is 12.1. The first kappa shape index (κ1) is 12.9. The van der Waals surface area contributed by atoms with Gasteiger partial charge in [0.1, 0.15) is 5.75 Å². The van der Waals surface area contributed by atoms with Crippen molar-refractivity contribution in [2.45, 2.75) is 32.6 Å². The average Bonchev–Trinajstić information content (AvgIpc) is 3.04. The molecule has 0 aliphatic heterocycles. The molecule has 1 fully saturated rings. The van der Waals surface area contributed by atoms with E-state index in [0.717, 1.165) is 28.9 Å². The van der Waals surface area contributed by atoms with Crippen molar-refractivity contribution in [3.8, 4) is 5.75 Å². The SMILES string of the molecule is COC(=O)C1(c2ccc(OC)c(C)c2C)CC1C. The molecular weight excluding hydrogens is 228 g/mol. The summed E-state index contributed by atoms with van der Waals surface area (Å²) < 4.78 is 10.3. The van der Waals surface area contributed by atoms with Crippen molar-refractivity contribution in [3.63, 3.8) is 0 Å². The van der Waals surface area contributed by atoms with Gasteiger partial charge in [0.2, 0.25) is 0 Å². The second-order valence-corrected chi connectivity index (χ2v) is 5.13. The highest BCUT2D eigenvalue weighted by molar-refractivity contribution is 5.88. The maximum Gasteiger partial charge on any atom is 0.316 e. The molecule has 0 spiro atoms. The monoisotopic (exact) mass is 248 g/mol. The molecule has 1 aliphatic rings. The normalized spacial score (nSPS) is 25.7. The Hall–Kier alpha value is -1.51. The minimum absolute atomic E-state index is 0.123. The number of benzene rings is 1. The second kappa shape index (κ2) is 4.30. The summed E-state index contributed by atoms with van der Waals surface area (Å²) in [5, 5.41) is 0. The molecule has 0 N–H and O–H groups in total. The number of rotatable bonds is 3. The van der Waals surface area contributed by atoms with Gasteiger partial charge in [-0.05, 0) is 48.9 Å². The lowest BCUT2D eigenvalue weighted by Crippen LogP contribution is -2.25. The van der Waals surface area contributed by atoms with Gasteiger partial charge >= 0.3 is 5.97 Å². The molecule has 2 atom stereocenters. The maximum absolute atomic E-state index is 12.1. The summed E-state index contributed by atoms with van der Waals surface area (Å²) in [6.07, 6.45) is 0.867. The predicted octanol–water partition coefficient (Wildman–Crippen LogP) is 2.76. The Morgan fingerprint density at radius 2 is 1.89 bits per heavy atom. The van der Waals surface area contributed by atoms with Gasteiger partial charge in [-0.1, -0.05) is 13.0 Å². The van der Waals surface area contributed by atoms with Crippen LogP contribution in [0.1, 0.15) is 30.0 Å². The van der Waals surface area contributed by atoms with Crippen molar-refractivity contribution < 1.29 is 14.3 Å². The molecule has 0 radical (unpaired) electrons. The third-order valence-corrected chi connectivity index (χ3v) is 4.30. The van der Waals surface area contributed by atoms with Crippen molar-refractivity contribution >= 4 is 5.97 Å². The number of methoxy groups -OCH3 is 2. The third kappa shape index (κ3) is 1.61. The van der Waals surface area contributed by atoms with Crippen LogP contribution in [0.4, 0.5) is 0 Å². The van der Waals surface area contributed by atoms with E-state index in [0.29, 0.717) is 5.92 Å². The first-order valence-corrected chi connectivity index (χ1v) is 6.22. The standard InChI is InChI=1S/C15H20O3/c1-9-8-15(9,14(16)18-5)12-6-7-13(17-4)11(3)10(12)2/h6-7,9H,8H2,1-5H3. The third-order valence-electron chi connectivity index (χ3n) is 4.30. The fourth-order valence-electron chi connectivity index (χ4n) is 2.88. The number of carbonyl (C=O) groups excluding carboxylic acids is 1. The van der Waals surface area contributed by atoms with Crippen LogP contribution in [-0.4, -0.2) is 20.2 Å². The van der Waals surface area contributed by atoms with Crippen molar-refractivity contribution in [2.75, 3.05) is 14.2 Å². The van der Waals surface area contributed by atoms with Crippen LogP contribution in [0.2, 0.25) is 0 Å². The molecular formula is C15H20O3. The van der Waals surface area contributed by atoms with Crippen molar-refractivity contribution in [1.82, 2.24) is 0 Å². The Kier molecular flexibility index (Phi) is 3.09. The van der Waals surface area contributed by atoms with Crippen LogP contribution in [0.15, 0.2) is 12.1 Å². The van der Waals surface area contributed by atoms with Crippen LogP contribution < -0.4 is 4.74 Å². The molecule has 0 aromatic heterocycles. The molecule has 1 aromatic rings. The fourth-order valence-corrected chi connectivity index (χ4v) is 2.88. The van der Waals surface area contributed by atoms with E-state index < -0.39 is 5.41 Å². The summed E-state index contributed by atoms with van der Waals surface area (Å²) >= 11 is 0. The van der Waals surface area contributed by atoms with Crippen LogP contribution in [0, 0.1) is 19.8 Å². The molecule has 0 amide bonds. The lowest BCUT2D eigenvalue weighted by molar-refractivity contribution is -0.144. The molecule has 2 unspecified atom stereocenters. The van der Waals surface area contributed by atoms with Crippen molar-refractivity contribution in [3.05, 3.63) is 28.8 Å². The lowest BCUT2D eigenvalue weighted by atomic mass is 9.87. The zero-order valence-corrected chi connectivity index (χ0v) is 11.7. The largest absolute Gasteiger partial charge is 0.496 e. The summed E-state index contributed by atoms with van der Waals surface area (Å²) in [6.45, 7) is 6.16. The van der Waals surface area contributed by atoms with Gasteiger partial charge in [0.15, 0.2) is 0 Å². The van der Waals surface area contributed by atoms with Gasteiger partial charge in [-0.2, -0.15) is 0 Å². The Morgan fingerprint density at radius 3 is 2.33 bits per heavy atom. The zero-order valence-electron chi connectivity index (χ0n) is 11.7. The Balaban J connectivity index is 2.52. The minimum atomic E-state index is -0.435. The van der Waals surface area contributed by atoms with E-state index in [4.69, 9.17) is 9.47 Å². The number of hydrogen-bond acceptors (Lipinski definition) is 3. The first-order chi connectivity index (χ1) is 8.48. The molecule has 0 heterocycles. The summed E-state index contributed by atoms with van der Waals surface area (Å²) in [7, 11) is 3.12. The average molecular weight is 248 g/mol. The van der Waals surface area contributed by atoms with Gasteiger partial charge in [-0.3, -0.25) is 4.79 Å². The molecule has 3 heteroatoms. The molecule has 3 nitrogen and oxygen atoms in total. The summed E-state index contributed by atoms with van der Waals surface area (Å²) in [5.74, 6) is 1.09. The van der Waals surface area contributed by atoms with Gasteiger partial charge in [0.05, 0.1) is 19.6 Å². The smallest absolute Gasteiger partial charge is 0.316 e. The minimum Gasteiger partial charge on any atom is -0.496 e. The number of hydrogen-bond donors (Lipinski definition) is 0. The van der Waals surface area contributed by atoms with E-state index in [9.17, 15) is 4.79 Å². The molecule has 1 saturated carbocycles. The molecule has 2 rings (SSSR count). The van der Waals surface area contributed by atoms with E-state index in [1.165, 1.54) is 7.11 Å². The highest BCUT2D eigenvalue weighted by Crippen LogP contribution is 2.56. The van der Waals surface area contributed by atoms with Crippen LogP contribution in [0.25, 0.3) is 0 Å². The van der Waals surface area contributed by atoms with E-state index in [1.807, 2.05) is 26.0 Å². The van der Waals surface area contributed by atoms with Gasteiger partial charge in [0, 0.05) is 0 Å². The fraction of sp³-hybridized carbons (Fsp3) is 0.533. The van der Waals surface area contributed by atoms with E-state index >= 15 is 0 Å². The van der Waals surface area contributed by atoms with Gasteiger partial charge in [-0.25, -0.2) is 0 Å². The highest BCUT2D eigenvalue weighted by Gasteiger charge is 2.60. The molecule has 98 valence electrons. The lowest BCUT2D eigenvalue weighted by Gasteiger charge is -2.20. The van der Waals surface area contributed by atoms with Crippen LogP contribution in [0.3, 0.4) is 0 Å². The zero-order chi connectivity index (χ0) is 13.5. The van der Waals surface area contributed by atoms with Crippen molar-refractivity contribution in [1.29, 1.82) is 0 Å². The van der Waals surface area contributed by atoms with Crippen LogP contribution >= 0.6 is 0 Å². The second-order valence-electron chi connectivity index (χ2n) is 5.13. The number of esters is 1. The molecule has 0 saturated heterocycles. The molecule has 1 aromatic carbocycles. The topological polar surface area (TPSA) is 35.5 Å². The predicted molar refractivity (Wildman–Crippen MR) is 69.9 cm³/mol. The molecule has 0 bridgehead atoms. The molecule has 18 heavy (non-hydrogen) atoms. The van der Waals surface area contributed by atoms with E-state index in [2.05, 4.69) is 6.92 Å². The molecule has 1 aliphatic carbocycles. The summed E-state index contributed by atoms with van der Waals surface area (Å²) in [6, 6.07) is 3.94. The number of ether oxygens (including phenoxy) is 2. The Morgan fingerprint density at radius 1 is 1.28 bits per heavy atom. The maximum atomic E-state index is 12.1.